The molecule has 2 amide bonds. The van der Waals surface area contributed by atoms with Crippen LogP contribution in [0, 0.1) is 5.82 Å². The van der Waals surface area contributed by atoms with E-state index < -0.39 is 11.4 Å². The maximum Gasteiger partial charge on any atom is 0.273 e. The molecule has 1 aliphatic carbocycles. The van der Waals surface area contributed by atoms with E-state index in [2.05, 4.69) is 10.2 Å². The molecule has 1 spiro atoms. The third-order valence-electron chi connectivity index (χ3n) is 6.97. The first-order valence-corrected chi connectivity index (χ1v) is 11.0. The number of hydrogen-bond acceptors (Lipinski definition) is 4. The van der Waals surface area contributed by atoms with Crippen molar-refractivity contribution in [3.05, 3.63) is 52.6 Å². The van der Waals surface area contributed by atoms with Crippen LogP contribution in [0.2, 0.25) is 5.02 Å². The van der Waals surface area contributed by atoms with E-state index in [9.17, 15) is 14.0 Å². The fourth-order valence-corrected chi connectivity index (χ4v) is 5.03. The number of carbonyl (C=O) groups excluding carboxylic acids is 2. The van der Waals surface area contributed by atoms with E-state index in [0.717, 1.165) is 36.3 Å². The first-order chi connectivity index (χ1) is 14.7. The minimum Gasteiger partial charge on any atom is -0.352 e. The van der Waals surface area contributed by atoms with Gasteiger partial charge < -0.3 is 15.1 Å². The van der Waals surface area contributed by atoms with Crippen LogP contribution >= 0.6 is 11.6 Å². The van der Waals surface area contributed by atoms with Crippen molar-refractivity contribution in [1.82, 2.24) is 15.2 Å². The zero-order chi connectivity index (χ0) is 22.0. The number of hydrogen-bond donors (Lipinski definition) is 1. The first kappa shape index (κ1) is 20.2. The lowest BCUT2D eigenvalue weighted by Crippen LogP contribution is -2.63. The van der Waals surface area contributed by atoms with Gasteiger partial charge in [-0.3, -0.25) is 9.59 Å². The van der Waals surface area contributed by atoms with Gasteiger partial charge >= 0.3 is 0 Å². The lowest BCUT2D eigenvalue weighted by molar-refractivity contribution is -0.133. The van der Waals surface area contributed by atoms with Crippen molar-refractivity contribution in [2.75, 3.05) is 24.5 Å². The minimum absolute atomic E-state index is 0.0915. The number of anilines is 2. The summed E-state index contributed by atoms with van der Waals surface area (Å²) >= 11 is 5.87. The first-order valence-electron chi connectivity index (χ1n) is 10.6. The number of halogens is 2. The summed E-state index contributed by atoms with van der Waals surface area (Å²) in [6.07, 6.45) is 3.06. The molecule has 1 aromatic carbocycles. The fourth-order valence-electron chi connectivity index (χ4n) is 4.92. The van der Waals surface area contributed by atoms with Crippen LogP contribution in [0.15, 0.2) is 30.3 Å². The Morgan fingerprint density at radius 3 is 2.68 bits per heavy atom. The second-order valence-electron chi connectivity index (χ2n) is 9.15. The van der Waals surface area contributed by atoms with Gasteiger partial charge in [-0.1, -0.05) is 18.0 Å². The van der Waals surface area contributed by atoms with Crippen LogP contribution in [0.25, 0.3) is 0 Å². The molecule has 2 aliphatic heterocycles. The van der Waals surface area contributed by atoms with Gasteiger partial charge in [0.05, 0.1) is 16.4 Å². The Bertz CT molecular complexity index is 1100. The molecule has 1 aromatic heterocycles. The molecule has 6 nitrogen and oxygen atoms in total. The highest BCUT2D eigenvalue weighted by Crippen LogP contribution is 2.53. The highest BCUT2D eigenvalue weighted by molar-refractivity contribution is 6.30. The summed E-state index contributed by atoms with van der Waals surface area (Å²) in [5.74, 6) is -0.867. The zero-order valence-corrected chi connectivity index (χ0v) is 18.3. The van der Waals surface area contributed by atoms with Gasteiger partial charge in [0, 0.05) is 30.7 Å². The Morgan fingerprint density at radius 1 is 1.23 bits per heavy atom. The molecule has 0 unspecified atom stereocenters. The molecule has 0 atom stereocenters. The quantitative estimate of drug-likeness (QED) is 0.768. The minimum atomic E-state index is -0.933. The van der Waals surface area contributed by atoms with E-state index in [-0.39, 0.29) is 22.3 Å². The third kappa shape index (κ3) is 3.01. The smallest absolute Gasteiger partial charge is 0.273 e. The summed E-state index contributed by atoms with van der Waals surface area (Å²) in [5, 5.41) is 2.91. The van der Waals surface area contributed by atoms with E-state index in [1.54, 1.807) is 36.9 Å². The maximum atomic E-state index is 14.1. The number of pyridine rings is 1. The molecule has 3 aliphatic rings. The molecule has 1 saturated carbocycles. The summed E-state index contributed by atoms with van der Waals surface area (Å²) in [4.78, 5) is 34.1. The second-order valence-corrected chi connectivity index (χ2v) is 9.56. The van der Waals surface area contributed by atoms with Gasteiger partial charge in [0.15, 0.2) is 0 Å². The van der Waals surface area contributed by atoms with Crippen molar-refractivity contribution in [2.45, 2.75) is 44.1 Å². The van der Waals surface area contributed by atoms with Gasteiger partial charge in [-0.2, -0.15) is 0 Å². The zero-order valence-electron chi connectivity index (χ0n) is 17.5. The number of nitrogens with one attached hydrogen (secondary N) is 1. The highest BCUT2D eigenvalue weighted by Gasteiger charge is 2.49. The number of rotatable bonds is 2. The standard InChI is InChI=1S/C23H24ClFN4O2/c1-22(2)21(31)26-10-11-29(22)20(30)17-6-7-18-19(27-17)23(8-3-9-23)13-28(18)14-4-5-15(24)16(25)12-14/h4-7,12H,3,8-11,13H2,1-2H3,(H,26,31). The van der Waals surface area contributed by atoms with Crippen LogP contribution in [0.4, 0.5) is 15.8 Å². The lowest BCUT2D eigenvalue weighted by atomic mass is 9.67. The van der Waals surface area contributed by atoms with E-state index in [1.807, 2.05) is 6.07 Å². The predicted octanol–water partition coefficient (Wildman–Crippen LogP) is 3.80. The molecule has 31 heavy (non-hydrogen) atoms. The van der Waals surface area contributed by atoms with Gasteiger partial charge in [0.1, 0.15) is 17.1 Å². The Labute approximate surface area is 185 Å². The number of carbonyl (C=O) groups is 2. The Balaban J connectivity index is 1.53. The summed E-state index contributed by atoms with van der Waals surface area (Å²) in [6, 6.07) is 8.41. The summed E-state index contributed by atoms with van der Waals surface area (Å²) in [6.45, 7) is 5.07. The van der Waals surface area contributed by atoms with Crippen LogP contribution in [-0.4, -0.2) is 46.9 Å². The topological polar surface area (TPSA) is 65.5 Å². The van der Waals surface area contributed by atoms with Gasteiger partial charge in [0.25, 0.3) is 5.91 Å². The molecule has 2 fully saturated rings. The summed E-state index contributed by atoms with van der Waals surface area (Å²) in [5.41, 5.74) is 1.79. The van der Waals surface area contributed by atoms with E-state index in [1.165, 1.54) is 6.07 Å². The molecule has 8 heteroatoms. The van der Waals surface area contributed by atoms with Crippen LogP contribution in [-0.2, 0) is 10.2 Å². The lowest BCUT2D eigenvalue weighted by Gasteiger charge is -2.41. The number of nitrogens with zero attached hydrogens (tertiary/aromatic N) is 3. The normalized spacial score (nSPS) is 21.0. The van der Waals surface area contributed by atoms with Gasteiger partial charge in [0.2, 0.25) is 5.91 Å². The largest absolute Gasteiger partial charge is 0.352 e. The van der Waals surface area contributed by atoms with Crippen LogP contribution in [0.3, 0.4) is 0 Å². The van der Waals surface area contributed by atoms with Crippen LogP contribution in [0.5, 0.6) is 0 Å². The average molecular weight is 443 g/mol. The number of fused-ring (bicyclic) bond motifs is 2. The van der Waals surface area contributed by atoms with Gasteiger partial charge in [-0.15, -0.1) is 0 Å². The number of piperazine rings is 1. The molecule has 3 heterocycles. The van der Waals surface area contributed by atoms with Crippen LogP contribution in [0.1, 0.15) is 49.3 Å². The molecular formula is C23H24ClFN4O2. The molecule has 0 radical (unpaired) electrons. The van der Waals surface area contributed by atoms with Crippen molar-refractivity contribution < 1.29 is 14.0 Å². The van der Waals surface area contributed by atoms with E-state index >= 15 is 0 Å². The van der Waals surface area contributed by atoms with Crippen molar-refractivity contribution >= 4 is 34.8 Å². The van der Waals surface area contributed by atoms with Gasteiger partial charge in [-0.05, 0) is 57.0 Å². The highest BCUT2D eigenvalue weighted by atomic mass is 35.5. The average Bonchev–Trinajstić information content (AvgIpc) is 3.07. The summed E-state index contributed by atoms with van der Waals surface area (Å²) in [7, 11) is 0. The third-order valence-corrected chi connectivity index (χ3v) is 7.28. The molecule has 1 N–H and O–H groups in total. The van der Waals surface area contributed by atoms with E-state index in [0.29, 0.717) is 25.3 Å². The molecule has 0 bridgehead atoms. The van der Waals surface area contributed by atoms with Gasteiger partial charge in [-0.25, -0.2) is 9.37 Å². The predicted molar refractivity (Wildman–Crippen MR) is 116 cm³/mol. The molecule has 162 valence electrons. The molecule has 2 aromatic rings. The van der Waals surface area contributed by atoms with E-state index in [4.69, 9.17) is 16.6 Å². The maximum absolute atomic E-state index is 14.1. The SMILES string of the molecule is CC1(C)C(=O)NCCN1C(=O)c1ccc2c(n1)C1(CCC1)CN2c1ccc(Cl)c(F)c1. The monoisotopic (exact) mass is 442 g/mol. The molecule has 1 saturated heterocycles. The number of aromatic nitrogens is 1. The number of amides is 2. The van der Waals surface area contributed by atoms with Crippen LogP contribution < -0.4 is 10.2 Å². The molecular weight excluding hydrogens is 419 g/mol. The van der Waals surface area contributed by atoms with Crippen molar-refractivity contribution in [1.29, 1.82) is 0 Å². The number of benzene rings is 1. The summed E-state index contributed by atoms with van der Waals surface area (Å²) < 4.78 is 14.1. The van der Waals surface area contributed by atoms with Crippen molar-refractivity contribution in [3.8, 4) is 0 Å². The van der Waals surface area contributed by atoms with Crippen molar-refractivity contribution in [2.24, 2.45) is 0 Å². The second kappa shape index (κ2) is 6.92. The Kier molecular flexibility index (Phi) is 4.52. The fraction of sp³-hybridized carbons (Fsp3) is 0.435. The Morgan fingerprint density at radius 2 is 2.00 bits per heavy atom. The Hall–Kier alpha value is -2.67. The van der Waals surface area contributed by atoms with Crippen molar-refractivity contribution in [3.63, 3.8) is 0 Å². The molecule has 5 rings (SSSR count).